The molecule has 1 N–H and O–H groups in total. The predicted octanol–water partition coefficient (Wildman–Crippen LogP) is 5.53. The monoisotopic (exact) mass is 565 g/mol. The van der Waals surface area contributed by atoms with Gasteiger partial charge in [-0.1, -0.05) is 18.2 Å². The minimum atomic E-state index is -0.857. The molecule has 0 saturated carbocycles. The molecular weight excluding hydrogens is 546 g/mol. The van der Waals surface area contributed by atoms with Gasteiger partial charge in [0.15, 0.2) is 11.5 Å². The van der Waals surface area contributed by atoms with E-state index < -0.39 is 22.5 Å². The summed E-state index contributed by atoms with van der Waals surface area (Å²) in [6.07, 6.45) is 1.28. The largest absolute Gasteiger partial charge is 0.496 e. The third kappa shape index (κ3) is 6.71. The van der Waals surface area contributed by atoms with Gasteiger partial charge in [0.1, 0.15) is 23.1 Å². The summed E-state index contributed by atoms with van der Waals surface area (Å²) >= 11 is 3.35. The molecule has 3 aromatic rings. The number of methoxy groups -OCH3 is 1. The minimum Gasteiger partial charge on any atom is -0.496 e. The van der Waals surface area contributed by atoms with Crippen molar-refractivity contribution in [2.24, 2.45) is 0 Å². The molecule has 0 heterocycles. The van der Waals surface area contributed by atoms with Gasteiger partial charge in [-0.15, -0.1) is 0 Å². The van der Waals surface area contributed by atoms with Crippen LogP contribution < -0.4 is 19.5 Å². The van der Waals surface area contributed by atoms with Crippen molar-refractivity contribution in [2.75, 3.05) is 19.0 Å². The van der Waals surface area contributed by atoms with E-state index in [0.717, 1.165) is 6.07 Å². The standard InChI is InChI=1S/C26H20BrN3O7/c1-3-36-23-13-16(12-20(27)24(23)37-26(32)17-7-5-4-6-8-17)11-18(15-28)25(31)29-21-10-9-19(35-2)14-22(21)30(33)34/h4-14H,3H2,1-2H3,(H,29,31)/b18-11+. The Morgan fingerprint density at radius 2 is 1.89 bits per heavy atom. The van der Waals surface area contributed by atoms with Crippen molar-refractivity contribution in [1.29, 1.82) is 5.26 Å². The lowest BCUT2D eigenvalue weighted by Crippen LogP contribution is -2.14. The van der Waals surface area contributed by atoms with Crippen LogP contribution in [0.25, 0.3) is 6.08 Å². The highest BCUT2D eigenvalue weighted by Crippen LogP contribution is 2.38. The molecule has 0 atom stereocenters. The quantitative estimate of drug-likeness (QED) is 0.0891. The van der Waals surface area contributed by atoms with Crippen molar-refractivity contribution >= 4 is 45.3 Å². The number of nitro benzene ring substituents is 1. The molecule has 3 rings (SSSR count). The minimum absolute atomic E-state index is 0.101. The van der Waals surface area contributed by atoms with Gasteiger partial charge in [-0.2, -0.15) is 5.26 Å². The predicted molar refractivity (Wildman–Crippen MR) is 139 cm³/mol. The number of benzene rings is 3. The van der Waals surface area contributed by atoms with Crippen molar-refractivity contribution in [1.82, 2.24) is 0 Å². The number of rotatable bonds is 9. The van der Waals surface area contributed by atoms with Crippen molar-refractivity contribution < 1.29 is 28.7 Å². The second-order valence-corrected chi connectivity index (χ2v) is 8.14. The van der Waals surface area contributed by atoms with Gasteiger partial charge in [-0.3, -0.25) is 14.9 Å². The number of hydrogen-bond donors (Lipinski definition) is 1. The Balaban J connectivity index is 1.91. The Kier molecular flexibility index (Phi) is 8.96. The maximum absolute atomic E-state index is 12.8. The van der Waals surface area contributed by atoms with E-state index in [1.165, 1.54) is 37.5 Å². The van der Waals surface area contributed by atoms with E-state index in [1.54, 1.807) is 43.3 Å². The van der Waals surface area contributed by atoms with Gasteiger partial charge in [0.25, 0.3) is 11.6 Å². The Bertz CT molecular complexity index is 1420. The normalized spacial score (nSPS) is 10.7. The summed E-state index contributed by atoms with van der Waals surface area (Å²) < 4.78 is 16.5. The number of amides is 1. The van der Waals surface area contributed by atoms with E-state index >= 15 is 0 Å². The number of ether oxygens (including phenoxy) is 3. The average Bonchev–Trinajstić information content (AvgIpc) is 2.89. The molecule has 3 aromatic carbocycles. The van der Waals surface area contributed by atoms with E-state index in [1.807, 2.05) is 0 Å². The van der Waals surface area contributed by atoms with Crippen LogP contribution in [0.5, 0.6) is 17.2 Å². The van der Waals surface area contributed by atoms with Crippen LogP contribution in [0.1, 0.15) is 22.8 Å². The van der Waals surface area contributed by atoms with Crippen LogP contribution in [0.4, 0.5) is 11.4 Å². The first-order valence-electron chi connectivity index (χ1n) is 10.8. The Labute approximate surface area is 220 Å². The van der Waals surface area contributed by atoms with E-state index in [2.05, 4.69) is 21.2 Å². The highest BCUT2D eigenvalue weighted by atomic mass is 79.9. The zero-order chi connectivity index (χ0) is 26.9. The summed E-state index contributed by atoms with van der Waals surface area (Å²) in [5.41, 5.74) is -0.0941. The molecule has 0 fully saturated rings. The van der Waals surface area contributed by atoms with Crippen LogP contribution in [-0.2, 0) is 4.79 Å². The Morgan fingerprint density at radius 1 is 1.16 bits per heavy atom. The van der Waals surface area contributed by atoms with Crippen molar-refractivity contribution in [3.05, 3.63) is 92.0 Å². The molecule has 37 heavy (non-hydrogen) atoms. The molecule has 0 spiro atoms. The molecule has 0 aromatic heterocycles. The number of esters is 1. The van der Waals surface area contributed by atoms with Crippen LogP contribution in [0.15, 0.2) is 70.7 Å². The zero-order valence-electron chi connectivity index (χ0n) is 19.7. The molecule has 0 aliphatic rings. The molecular formula is C26H20BrN3O7. The van der Waals surface area contributed by atoms with Gasteiger partial charge in [0.05, 0.1) is 34.7 Å². The molecule has 0 unspecified atom stereocenters. The Morgan fingerprint density at radius 3 is 2.51 bits per heavy atom. The lowest BCUT2D eigenvalue weighted by Gasteiger charge is -2.14. The summed E-state index contributed by atoms with van der Waals surface area (Å²) in [6.45, 7) is 2.00. The fourth-order valence-electron chi connectivity index (χ4n) is 3.16. The lowest BCUT2D eigenvalue weighted by atomic mass is 10.1. The van der Waals surface area contributed by atoms with Gasteiger partial charge in [-0.05, 0) is 70.9 Å². The van der Waals surface area contributed by atoms with Gasteiger partial charge >= 0.3 is 5.97 Å². The third-order valence-electron chi connectivity index (χ3n) is 4.86. The number of anilines is 1. The van der Waals surface area contributed by atoms with Crippen LogP contribution in [0.3, 0.4) is 0 Å². The maximum atomic E-state index is 12.8. The number of hydrogen-bond acceptors (Lipinski definition) is 8. The molecule has 0 aliphatic heterocycles. The number of carbonyl (C=O) groups excluding carboxylic acids is 2. The summed E-state index contributed by atoms with van der Waals surface area (Å²) in [4.78, 5) is 36.1. The van der Waals surface area contributed by atoms with Crippen LogP contribution in [0, 0.1) is 21.4 Å². The first-order chi connectivity index (χ1) is 17.8. The molecule has 0 bridgehead atoms. The van der Waals surface area contributed by atoms with Gasteiger partial charge < -0.3 is 19.5 Å². The number of nitrogens with one attached hydrogen (secondary N) is 1. The van der Waals surface area contributed by atoms with Crippen LogP contribution in [-0.4, -0.2) is 30.5 Å². The number of nitriles is 1. The fourth-order valence-corrected chi connectivity index (χ4v) is 3.70. The number of nitrogens with zero attached hydrogens (tertiary/aromatic N) is 2. The number of nitro groups is 1. The summed E-state index contributed by atoms with van der Waals surface area (Å²) in [6, 6.07) is 17.2. The SMILES string of the molecule is CCOc1cc(/C=C(\C#N)C(=O)Nc2ccc(OC)cc2[N+](=O)[O-])cc(Br)c1OC(=O)c1ccccc1. The summed E-state index contributed by atoms with van der Waals surface area (Å²) in [7, 11) is 1.36. The van der Waals surface area contributed by atoms with Crippen molar-refractivity contribution in [3.8, 4) is 23.3 Å². The number of halogens is 1. The first kappa shape index (κ1) is 26.9. The molecule has 11 heteroatoms. The van der Waals surface area contributed by atoms with Gasteiger partial charge in [0.2, 0.25) is 0 Å². The molecule has 0 radical (unpaired) electrons. The smallest absolute Gasteiger partial charge is 0.343 e. The Hall–Kier alpha value is -4.69. The van der Waals surface area contributed by atoms with E-state index in [4.69, 9.17) is 14.2 Å². The average molecular weight is 566 g/mol. The number of carbonyl (C=O) groups is 2. The highest BCUT2D eigenvalue weighted by Gasteiger charge is 2.21. The fraction of sp³-hybridized carbons (Fsp3) is 0.115. The first-order valence-corrected chi connectivity index (χ1v) is 11.6. The van der Waals surface area contributed by atoms with Crippen LogP contribution in [0.2, 0.25) is 0 Å². The maximum Gasteiger partial charge on any atom is 0.343 e. The summed E-state index contributed by atoms with van der Waals surface area (Å²) in [5, 5.41) is 23.4. The van der Waals surface area contributed by atoms with Gasteiger partial charge in [-0.25, -0.2) is 4.79 Å². The van der Waals surface area contributed by atoms with Crippen molar-refractivity contribution in [2.45, 2.75) is 6.92 Å². The highest BCUT2D eigenvalue weighted by molar-refractivity contribution is 9.10. The second kappa shape index (κ2) is 12.3. The topological polar surface area (TPSA) is 141 Å². The van der Waals surface area contributed by atoms with Crippen molar-refractivity contribution in [3.63, 3.8) is 0 Å². The molecule has 0 saturated heterocycles. The van der Waals surface area contributed by atoms with E-state index in [9.17, 15) is 25.0 Å². The van der Waals surface area contributed by atoms with Crippen LogP contribution >= 0.6 is 15.9 Å². The molecule has 0 aliphatic carbocycles. The molecule has 188 valence electrons. The zero-order valence-corrected chi connectivity index (χ0v) is 21.3. The third-order valence-corrected chi connectivity index (χ3v) is 5.45. The van der Waals surface area contributed by atoms with Gasteiger partial charge in [0, 0.05) is 0 Å². The molecule has 1 amide bonds. The summed E-state index contributed by atoms with van der Waals surface area (Å²) in [5.74, 6) is -0.879. The molecule has 10 nitrogen and oxygen atoms in total. The van der Waals surface area contributed by atoms with E-state index in [0.29, 0.717) is 15.6 Å². The second-order valence-electron chi connectivity index (χ2n) is 7.28. The lowest BCUT2D eigenvalue weighted by molar-refractivity contribution is -0.384. The van der Waals surface area contributed by atoms with E-state index in [-0.39, 0.29) is 35.1 Å².